The summed E-state index contributed by atoms with van der Waals surface area (Å²) >= 11 is 1.31. The number of carbonyl (C=O) groups excluding carboxylic acids is 1. The van der Waals surface area contributed by atoms with Crippen molar-refractivity contribution in [3.05, 3.63) is 42.0 Å². The molecule has 8 nitrogen and oxygen atoms in total. The standard InChI is InChI=1S/C23H28N2O6S2/c1-6-33(27,28)16-9-7-15(8-10-16)21(31-13-14(2)3)22(26)25-23-24-17-11-18(29-4)19(30-5)12-20(17)32-23/h7-12,14,21H,6,13H2,1-5H3,(H,24,25,26). The van der Waals surface area contributed by atoms with Gasteiger partial charge in [-0.25, -0.2) is 13.4 Å². The van der Waals surface area contributed by atoms with Gasteiger partial charge in [-0.05, 0) is 23.6 Å². The molecule has 0 radical (unpaired) electrons. The molecular weight excluding hydrogens is 464 g/mol. The second-order valence-corrected chi connectivity index (χ2v) is 11.1. The number of hydrogen-bond donors (Lipinski definition) is 1. The number of aromatic nitrogens is 1. The van der Waals surface area contributed by atoms with Crippen molar-refractivity contribution in [3.8, 4) is 11.5 Å². The molecule has 1 atom stereocenters. The molecule has 2 aromatic carbocycles. The van der Waals surface area contributed by atoms with Gasteiger partial charge in [-0.15, -0.1) is 0 Å². The minimum absolute atomic E-state index is 0.00723. The van der Waals surface area contributed by atoms with Gasteiger partial charge < -0.3 is 14.2 Å². The number of amides is 1. The van der Waals surface area contributed by atoms with Crippen molar-refractivity contribution in [2.45, 2.75) is 31.8 Å². The molecule has 10 heteroatoms. The molecule has 1 aromatic heterocycles. The number of fused-ring (bicyclic) bond motifs is 1. The summed E-state index contributed by atoms with van der Waals surface area (Å²) < 4.78 is 41.6. The highest BCUT2D eigenvalue weighted by molar-refractivity contribution is 7.91. The lowest BCUT2D eigenvalue weighted by atomic mass is 10.1. The second kappa shape index (κ2) is 10.5. The molecule has 1 amide bonds. The summed E-state index contributed by atoms with van der Waals surface area (Å²) in [6.45, 7) is 5.93. The molecule has 0 spiro atoms. The third-order valence-corrected chi connectivity index (χ3v) is 7.56. The zero-order valence-electron chi connectivity index (χ0n) is 19.2. The smallest absolute Gasteiger partial charge is 0.259 e. The third-order valence-electron chi connectivity index (χ3n) is 4.88. The fourth-order valence-electron chi connectivity index (χ4n) is 3.11. The zero-order chi connectivity index (χ0) is 24.2. The molecule has 1 heterocycles. The summed E-state index contributed by atoms with van der Waals surface area (Å²) in [6.07, 6.45) is -0.915. The number of nitrogens with one attached hydrogen (secondary N) is 1. The van der Waals surface area contributed by atoms with Crippen LogP contribution < -0.4 is 14.8 Å². The molecule has 0 bridgehead atoms. The van der Waals surface area contributed by atoms with Crippen LogP contribution in [-0.4, -0.2) is 45.9 Å². The van der Waals surface area contributed by atoms with Crippen LogP contribution in [0.4, 0.5) is 5.13 Å². The average molecular weight is 493 g/mol. The third kappa shape index (κ3) is 5.82. The Morgan fingerprint density at radius 1 is 1.09 bits per heavy atom. The Labute approximate surface area is 197 Å². The van der Waals surface area contributed by atoms with Gasteiger partial charge in [0.25, 0.3) is 5.91 Å². The number of anilines is 1. The maximum Gasteiger partial charge on any atom is 0.259 e. The largest absolute Gasteiger partial charge is 0.493 e. The topological polar surface area (TPSA) is 104 Å². The van der Waals surface area contributed by atoms with Crippen molar-refractivity contribution in [1.29, 1.82) is 0 Å². The Hall–Kier alpha value is -2.69. The first-order valence-electron chi connectivity index (χ1n) is 10.5. The predicted molar refractivity (Wildman–Crippen MR) is 129 cm³/mol. The Morgan fingerprint density at radius 3 is 2.30 bits per heavy atom. The van der Waals surface area contributed by atoms with Gasteiger partial charge in [-0.2, -0.15) is 0 Å². The molecule has 33 heavy (non-hydrogen) atoms. The highest BCUT2D eigenvalue weighted by Gasteiger charge is 2.24. The van der Waals surface area contributed by atoms with Crippen molar-refractivity contribution in [3.63, 3.8) is 0 Å². The first-order chi connectivity index (χ1) is 15.7. The highest BCUT2D eigenvalue weighted by atomic mass is 32.2. The summed E-state index contributed by atoms with van der Waals surface area (Å²) in [5, 5.41) is 3.24. The number of benzene rings is 2. The number of ether oxygens (including phenoxy) is 3. The normalized spacial score (nSPS) is 12.7. The SMILES string of the molecule is CCS(=O)(=O)c1ccc(C(OCC(C)C)C(=O)Nc2nc3cc(OC)c(OC)cc3s2)cc1. The quantitative estimate of drug-likeness (QED) is 0.446. The molecule has 0 aliphatic carbocycles. The number of thiazole rings is 1. The van der Waals surface area contributed by atoms with Crippen LogP contribution in [0, 0.1) is 5.92 Å². The van der Waals surface area contributed by atoms with E-state index in [-0.39, 0.29) is 22.5 Å². The van der Waals surface area contributed by atoms with E-state index in [4.69, 9.17) is 14.2 Å². The van der Waals surface area contributed by atoms with Gasteiger partial charge in [-0.1, -0.05) is 44.2 Å². The molecule has 0 saturated carbocycles. The van der Waals surface area contributed by atoms with Gasteiger partial charge in [0.15, 0.2) is 32.6 Å². The van der Waals surface area contributed by atoms with Crippen LogP contribution in [0.15, 0.2) is 41.3 Å². The van der Waals surface area contributed by atoms with Crippen LogP contribution >= 0.6 is 11.3 Å². The number of hydrogen-bond acceptors (Lipinski definition) is 8. The number of carbonyl (C=O) groups is 1. The van der Waals surface area contributed by atoms with Crippen LogP contribution in [0.2, 0.25) is 0 Å². The Bertz CT molecular complexity index is 1180. The monoisotopic (exact) mass is 492 g/mol. The minimum atomic E-state index is -3.33. The summed E-state index contributed by atoms with van der Waals surface area (Å²) in [7, 11) is -0.227. The van der Waals surface area contributed by atoms with Crippen molar-refractivity contribution in [1.82, 2.24) is 4.98 Å². The van der Waals surface area contributed by atoms with Crippen molar-refractivity contribution >= 4 is 42.4 Å². The van der Waals surface area contributed by atoms with Crippen molar-refractivity contribution in [2.75, 3.05) is 31.9 Å². The van der Waals surface area contributed by atoms with Gasteiger partial charge in [0, 0.05) is 12.1 Å². The Morgan fingerprint density at radius 2 is 1.73 bits per heavy atom. The molecule has 3 aromatic rings. The maximum atomic E-state index is 13.1. The first-order valence-corrected chi connectivity index (χ1v) is 12.9. The number of nitrogens with zero attached hydrogens (tertiary/aromatic N) is 1. The molecular formula is C23H28N2O6S2. The van der Waals surface area contributed by atoms with E-state index in [0.29, 0.717) is 34.3 Å². The first kappa shape index (κ1) is 24.9. The zero-order valence-corrected chi connectivity index (χ0v) is 20.9. The molecule has 0 aliphatic heterocycles. The molecule has 178 valence electrons. The van der Waals surface area contributed by atoms with Gasteiger partial charge in [0.2, 0.25) is 0 Å². The molecule has 0 saturated heterocycles. The average Bonchev–Trinajstić information content (AvgIpc) is 3.19. The molecule has 3 rings (SSSR count). The summed E-state index contributed by atoms with van der Waals surface area (Å²) in [4.78, 5) is 17.8. The Balaban J connectivity index is 1.87. The van der Waals surface area contributed by atoms with Crippen LogP contribution in [0.1, 0.15) is 32.4 Å². The lowest BCUT2D eigenvalue weighted by Gasteiger charge is -2.19. The number of methoxy groups -OCH3 is 2. The lowest BCUT2D eigenvalue weighted by Crippen LogP contribution is -2.25. The van der Waals surface area contributed by atoms with E-state index in [9.17, 15) is 13.2 Å². The maximum absolute atomic E-state index is 13.1. The van der Waals surface area contributed by atoms with E-state index in [0.717, 1.165) is 4.70 Å². The Kier molecular flexibility index (Phi) is 7.93. The fraction of sp³-hybridized carbons (Fsp3) is 0.391. The van der Waals surface area contributed by atoms with E-state index >= 15 is 0 Å². The van der Waals surface area contributed by atoms with E-state index < -0.39 is 15.9 Å². The van der Waals surface area contributed by atoms with E-state index in [1.165, 1.54) is 23.5 Å². The molecule has 0 fully saturated rings. The van der Waals surface area contributed by atoms with Crippen LogP contribution in [-0.2, 0) is 19.4 Å². The summed E-state index contributed by atoms with van der Waals surface area (Å²) in [6, 6.07) is 9.79. The van der Waals surface area contributed by atoms with E-state index in [1.807, 2.05) is 13.8 Å². The molecule has 0 aliphatic rings. The fourth-order valence-corrected chi connectivity index (χ4v) is 4.87. The predicted octanol–water partition coefficient (Wildman–Crippen LogP) is 4.46. The molecule has 1 unspecified atom stereocenters. The highest BCUT2D eigenvalue weighted by Crippen LogP contribution is 2.36. The van der Waals surface area contributed by atoms with E-state index in [2.05, 4.69) is 10.3 Å². The minimum Gasteiger partial charge on any atom is -0.493 e. The van der Waals surface area contributed by atoms with Crippen LogP contribution in [0.25, 0.3) is 10.2 Å². The van der Waals surface area contributed by atoms with E-state index in [1.54, 1.807) is 45.4 Å². The van der Waals surface area contributed by atoms with Crippen LogP contribution in [0.3, 0.4) is 0 Å². The summed E-state index contributed by atoms with van der Waals surface area (Å²) in [5.41, 5.74) is 1.23. The number of rotatable bonds is 10. The second-order valence-electron chi connectivity index (χ2n) is 7.76. The van der Waals surface area contributed by atoms with Crippen molar-refractivity contribution in [2.24, 2.45) is 5.92 Å². The molecule has 1 N–H and O–H groups in total. The van der Waals surface area contributed by atoms with Gasteiger partial charge in [-0.3, -0.25) is 10.1 Å². The van der Waals surface area contributed by atoms with Crippen molar-refractivity contribution < 1.29 is 27.4 Å². The summed E-state index contributed by atoms with van der Waals surface area (Å²) in [5.74, 6) is 0.954. The van der Waals surface area contributed by atoms with Gasteiger partial charge in [0.1, 0.15) is 0 Å². The lowest BCUT2D eigenvalue weighted by molar-refractivity contribution is -0.128. The number of sulfone groups is 1. The van der Waals surface area contributed by atoms with Gasteiger partial charge >= 0.3 is 0 Å². The van der Waals surface area contributed by atoms with Gasteiger partial charge in [0.05, 0.1) is 41.7 Å². The van der Waals surface area contributed by atoms with Crippen LogP contribution in [0.5, 0.6) is 11.5 Å².